The lowest BCUT2D eigenvalue weighted by Crippen LogP contribution is -2.35. The number of hydrogen-bond acceptors (Lipinski definition) is 6. The zero-order chi connectivity index (χ0) is 25.7. The zero-order valence-corrected chi connectivity index (χ0v) is 19.5. The summed E-state index contributed by atoms with van der Waals surface area (Å²) in [5.41, 5.74) is 1.40. The van der Waals surface area contributed by atoms with Crippen molar-refractivity contribution in [1.29, 1.82) is 5.41 Å². The summed E-state index contributed by atoms with van der Waals surface area (Å²) >= 11 is 0. The first-order chi connectivity index (χ1) is 17.2. The Labute approximate surface area is 206 Å². The maximum absolute atomic E-state index is 13.6. The third-order valence-electron chi connectivity index (χ3n) is 5.65. The topological polar surface area (TPSA) is 94.4 Å². The quantitative estimate of drug-likeness (QED) is 0.286. The maximum atomic E-state index is 13.6. The summed E-state index contributed by atoms with van der Waals surface area (Å²) in [5.74, 6) is 5.24. The van der Waals surface area contributed by atoms with E-state index in [-0.39, 0.29) is 22.8 Å². The molecule has 1 aromatic heterocycles. The molecule has 7 nitrogen and oxygen atoms in total. The molecular weight excluding hydrogens is 471 g/mol. The predicted molar refractivity (Wildman–Crippen MR) is 129 cm³/mol. The zero-order valence-electron chi connectivity index (χ0n) is 19.5. The molecule has 0 saturated carbocycles. The molecule has 1 fully saturated rings. The Kier molecular flexibility index (Phi) is 7.52. The standard InChI is InChI=1S/C26H24F3N5O2/c1-17-2-4-23(24(35)22(17)5-3-18-13-31-16-32-14-18)25(30)33-21-11-19(10-20(12-21)26(27,28)29)15-34-6-8-36-9-7-34/h2,4,10-14,16,35H,6-9,15H2,1H3,(H2,30,33). The monoisotopic (exact) mass is 495 g/mol. The molecule has 0 spiro atoms. The Balaban J connectivity index is 1.61. The van der Waals surface area contributed by atoms with E-state index in [9.17, 15) is 18.3 Å². The van der Waals surface area contributed by atoms with Crippen molar-refractivity contribution in [3.8, 4) is 17.6 Å². The Morgan fingerprint density at radius 3 is 2.56 bits per heavy atom. The molecule has 1 saturated heterocycles. The van der Waals surface area contributed by atoms with Crippen LogP contribution in [0.5, 0.6) is 5.75 Å². The molecule has 1 aliphatic rings. The Hall–Kier alpha value is -3.94. The largest absolute Gasteiger partial charge is 0.506 e. The van der Waals surface area contributed by atoms with Gasteiger partial charge in [-0.25, -0.2) is 9.97 Å². The van der Waals surface area contributed by atoms with Crippen molar-refractivity contribution in [2.24, 2.45) is 0 Å². The average Bonchev–Trinajstić information content (AvgIpc) is 2.84. The molecule has 0 atom stereocenters. The van der Waals surface area contributed by atoms with Crippen LogP contribution in [-0.4, -0.2) is 52.1 Å². The van der Waals surface area contributed by atoms with Crippen LogP contribution in [0, 0.1) is 24.2 Å². The molecule has 36 heavy (non-hydrogen) atoms. The number of morpholine rings is 1. The number of halogens is 3. The third kappa shape index (κ3) is 6.19. The molecule has 1 aliphatic heterocycles. The van der Waals surface area contributed by atoms with E-state index in [4.69, 9.17) is 10.1 Å². The number of nitrogens with zero attached hydrogens (tertiary/aromatic N) is 3. The highest BCUT2D eigenvalue weighted by atomic mass is 19.4. The first kappa shape index (κ1) is 25.2. The van der Waals surface area contributed by atoms with Crippen LogP contribution in [0.15, 0.2) is 49.1 Å². The average molecular weight is 496 g/mol. The summed E-state index contributed by atoms with van der Waals surface area (Å²) in [6.07, 6.45) is -0.110. The highest BCUT2D eigenvalue weighted by Gasteiger charge is 2.31. The van der Waals surface area contributed by atoms with Crippen LogP contribution >= 0.6 is 0 Å². The fraction of sp³-hybridized carbons (Fsp3) is 0.269. The van der Waals surface area contributed by atoms with Gasteiger partial charge >= 0.3 is 6.18 Å². The number of phenols is 1. The molecule has 0 unspecified atom stereocenters. The van der Waals surface area contributed by atoms with Crippen molar-refractivity contribution in [2.45, 2.75) is 19.6 Å². The number of amidine groups is 1. The van der Waals surface area contributed by atoms with Crippen molar-refractivity contribution in [3.63, 3.8) is 0 Å². The van der Waals surface area contributed by atoms with Gasteiger partial charge < -0.3 is 15.2 Å². The number of ether oxygens (including phenoxy) is 1. The van der Waals surface area contributed by atoms with E-state index in [0.29, 0.717) is 55.1 Å². The number of phenolic OH excluding ortho intramolecular Hbond substituents is 1. The molecule has 3 aromatic rings. The second-order valence-electron chi connectivity index (χ2n) is 8.34. The number of aromatic nitrogens is 2. The summed E-state index contributed by atoms with van der Waals surface area (Å²) in [5, 5.41) is 22.0. The highest BCUT2D eigenvalue weighted by molar-refractivity contribution is 6.08. The highest BCUT2D eigenvalue weighted by Crippen LogP contribution is 2.33. The van der Waals surface area contributed by atoms with Crippen LogP contribution < -0.4 is 5.32 Å². The van der Waals surface area contributed by atoms with Gasteiger partial charge in [0.25, 0.3) is 0 Å². The van der Waals surface area contributed by atoms with Crippen LogP contribution in [0.2, 0.25) is 0 Å². The van der Waals surface area contributed by atoms with Crippen molar-refractivity contribution in [1.82, 2.24) is 14.9 Å². The van der Waals surface area contributed by atoms with E-state index in [1.54, 1.807) is 19.1 Å². The number of alkyl halides is 3. The van der Waals surface area contributed by atoms with E-state index in [1.165, 1.54) is 24.8 Å². The molecule has 2 heterocycles. The predicted octanol–water partition coefficient (Wildman–Crippen LogP) is 4.18. The minimum Gasteiger partial charge on any atom is -0.506 e. The Morgan fingerprint density at radius 1 is 1.14 bits per heavy atom. The van der Waals surface area contributed by atoms with Gasteiger partial charge in [-0.3, -0.25) is 10.3 Å². The molecule has 4 rings (SSSR count). The number of anilines is 1. The second kappa shape index (κ2) is 10.8. The van der Waals surface area contributed by atoms with Gasteiger partial charge in [0.2, 0.25) is 0 Å². The van der Waals surface area contributed by atoms with E-state index in [1.807, 2.05) is 4.90 Å². The fourth-order valence-electron chi connectivity index (χ4n) is 3.80. The van der Waals surface area contributed by atoms with Crippen LogP contribution in [-0.2, 0) is 17.5 Å². The lowest BCUT2D eigenvalue weighted by Gasteiger charge is -2.27. The van der Waals surface area contributed by atoms with Gasteiger partial charge in [-0.2, -0.15) is 13.2 Å². The van der Waals surface area contributed by atoms with Crippen molar-refractivity contribution in [2.75, 3.05) is 31.6 Å². The number of aryl methyl sites for hydroxylation is 1. The molecule has 10 heteroatoms. The van der Waals surface area contributed by atoms with Gasteiger partial charge in [0.15, 0.2) is 0 Å². The van der Waals surface area contributed by atoms with Gasteiger partial charge in [-0.15, -0.1) is 0 Å². The van der Waals surface area contributed by atoms with Crippen molar-refractivity contribution < 1.29 is 23.0 Å². The van der Waals surface area contributed by atoms with Crippen LogP contribution in [0.1, 0.15) is 33.4 Å². The molecule has 0 radical (unpaired) electrons. The molecule has 3 N–H and O–H groups in total. The number of rotatable bonds is 4. The van der Waals surface area contributed by atoms with E-state index >= 15 is 0 Å². The van der Waals surface area contributed by atoms with Crippen molar-refractivity contribution in [3.05, 3.63) is 82.4 Å². The first-order valence-electron chi connectivity index (χ1n) is 11.2. The Morgan fingerprint density at radius 2 is 1.86 bits per heavy atom. The number of hydrogen-bond donors (Lipinski definition) is 3. The smallest absolute Gasteiger partial charge is 0.416 e. The van der Waals surface area contributed by atoms with E-state index in [2.05, 4.69) is 27.1 Å². The van der Waals surface area contributed by atoms with Gasteiger partial charge in [0, 0.05) is 37.7 Å². The molecule has 0 amide bonds. The normalized spacial score (nSPS) is 14.1. The lowest BCUT2D eigenvalue weighted by molar-refractivity contribution is -0.137. The minimum absolute atomic E-state index is 0.104. The van der Waals surface area contributed by atoms with Gasteiger partial charge in [0.1, 0.15) is 17.9 Å². The van der Waals surface area contributed by atoms with Crippen LogP contribution in [0.25, 0.3) is 0 Å². The van der Waals surface area contributed by atoms with Crippen LogP contribution in [0.4, 0.5) is 18.9 Å². The number of nitrogens with one attached hydrogen (secondary N) is 2. The summed E-state index contributed by atoms with van der Waals surface area (Å²) < 4.78 is 46.1. The fourth-order valence-corrected chi connectivity index (χ4v) is 3.80. The molecular formula is C26H24F3N5O2. The summed E-state index contributed by atoms with van der Waals surface area (Å²) in [6, 6.07) is 6.87. The second-order valence-corrected chi connectivity index (χ2v) is 8.34. The Bertz CT molecular complexity index is 1310. The third-order valence-corrected chi connectivity index (χ3v) is 5.65. The molecule has 2 aromatic carbocycles. The van der Waals surface area contributed by atoms with E-state index < -0.39 is 11.7 Å². The van der Waals surface area contributed by atoms with Gasteiger partial charge in [0.05, 0.1) is 35.5 Å². The summed E-state index contributed by atoms with van der Waals surface area (Å²) in [6.45, 7) is 4.41. The van der Waals surface area contributed by atoms with Crippen LogP contribution in [0.3, 0.4) is 0 Å². The molecule has 186 valence electrons. The van der Waals surface area contributed by atoms with E-state index in [0.717, 1.165) is 12.1 Å². The lowest BCUT2D eigenvalue weighted by atomic mass is 10.0. The van der Waals surface area contributed by atoms with Gasteiger partial charge in [-0.1, -0.05) is 17.9 Å². The summed E-state index contributed by atoms with van der Waals surface area (Å²) in [7, 11) is 0. The van der Waals surface area contributed by atoms with Gasteiger partial charge in [-0.05, 0) is 42.3 Å². The summed E-state index contributed by atoms with van der Waals surface area (Å²) in [4.78, 5) is 9.80. The minimum atomic E-state index is -4.55. The SMILES string of the molecule is Cc1ccc(C(=N)Nc2cc(CN3CCOCC3)cc(C(F)(F)F)c2)c(O)c1C#Cc1cncnc1. The number of benzene rings is 2. The molecule has 0 aliphatic carbocycles. The first-order valence-corrected chi connectivity index (χ1v) is 11.2. The maximum Gasteiger partial charge on any atom is 0.416 e. The van der Waals surface area contributed by atoms with Crippen molar-refractivity contribution >= 4 is 11.5 Å². The number of aromatic hydroxyl groups is 1. The molecule has 0 bridgehead atoms.